The molecule has 5 fully saturated rings. The lowest BCUT2D eigenvalue weighted by Crippen LogP contribution is -2.82. The zero-order valence-electron chi connectivity index (χ0n) is 21.7. The molecule has 4 bridgehead atoms. The summed E-state index contributed by atoms with van der Waals surface area (Å²) in [7, 11) is 1.76. The summed E-state index contributed by atoms with van der Waals surface area (Å²) in [5, 5.41) is 23.3. The number of methoxy groups -OCH3 is 1. The summed E-state index contributed by atoms with van der Waals surface area (Å²) in [6.45, 7) is 4.07. The number of ether oxygens (including phenoxy) is 2. The maximum atomic E-state index is 13.8. The van der Waals surface area contributed by atoms with E-state index in [2.05, 4.69) is 11.0 Å². The van der Waals surface area contributed by atoms with Crippen LogP contribution in [-0.4, -0.2) is 53.1 Å². The van der Waals surface area contributed by atoms with Crippen molar-refractivity contribution in [3.63, 3.8) is 0 Å². The van der Waals surface area contributed by atoms with Crippen LogP contribution in [-0.2, 0) is 22.2 Å². The van der Waals surface area contributed by atoms with Gasteiger partial charge in [0.1, 0.15) is 17.5 Å². The van der Waals surface area contributed by atoms with E-state index < -0.39 is 11.2 Å². The summed E-state index contributed by atoms with van der Waals surface area (Å²) in [5.41, 5.74) is 0.989. The number of fused-ring (bicyclic) bond motifs is 2. The number of nitrogens with zero attached hydrogens (tertiary/aromatic N) is 1. The van der Waals surface area contributed by atoms with Gasteiger partial charge in [-0.3, -0.25) is 4.90 Å². The third-order valence-electron chi connectivity index (χ3n) is 11.8. The van der Waals surface area contributed by atoms with Crippen LogP contribution in [0.15, 0.2) is 36.4 Å². The zero-order valence-corrected chi connectivity index (χ0v) is 21.7. The van der Waals surface area contributed by atoms with Crippen molar-refractivity contribution in [2.24, 2.45) is 17.3 Å². The molecule has 1 unspecified atom stereocenters. The van der Waals surface area contributed by atoms with E-state index in [1.165, 1.54) is 36.1 Å². The number of phenols is 1. The zero-order chi connectivity index (χ0) is 25.4. The number of hydrogen-bond acceptors (Lipinski definition) is 5. The lowest BCUT2D eigenvalue weighted by molar-refractivity contribution is -0.304. The first-order valence-electron chi connectivity index (χ1n) is 14.1. The number of benzene rings is 2. The van der Waals surface area contributed by atoms with Crippen LogP contribution in [0.5, 0.6) is 11.5 Å². The number of piperidine rings is 1. The minimum absolute atomic E-state index is 0.0776. The first kappa shape index (κ1) is 22.8. The number of rotatable bonds is 5. The third-order valence-corrected chi connectivity index (χ3v) is 11.8. The van der Waals surface area contributed by atoms with Crippen molar-refractivity contribution < 1.29 is 24.1 Å². The Bertz CT molecular complexity index is 1290. The summed E-state index contributed by atoms with van der Waals surface area (Å²) in [6.07, 6.45) is 6.97. The second-order valence-corrected chi connectivity index (χ2v) is 13.1. The third kappa shape index (κ3) is 2.56. The first-order valence-corrected chi connectivity index (χ1v) is 14.1. The van der Waals surface area contributed by atoms with Crippen LogP contribution in [0.4, 0.5) is 4.39 Å². The van der Waals surface area contributed by atoms with Gasteiger partial charge in [-0.25, -0.2) is 4.39 Å². The van der Waals surface area contributed by atoms with Crippen molar-refractivity contribution in [2.45, 2.75) is 80.6 Å². The predicted molar refractivity (Wildman–Crippen MR) is 136 cm³/mol. The van der Waals surface area contributed by atoms with Gasteiger partial charge >= 0.3 is 0 Å². The summed E-state index contributed by atoms with van der Waals surface area (Å²) >= 11 is 0. The summed E-state index contributed by atoms with van der Waals surface area (Å²) in [5.74, 6) is 1.12. The van der Waals surface area contributed by atoms with Gasteiger partial charge in [-0.05, 0) is 93.7 Å². The second kappa shape index (κ2) is 7.08. The number of phenolic OH excluding ortho intramolecular Hbond substituents is 1. The lowest BCUT2D eigenvalue weighted by Gasteiger charge is -2.75. The molecule has 7 atom stereocenters. The average Bonchev–Trinajstić information content (AvgIpc) is 3.64. The van der Waals surface area contributed by atoms with Crippen LogP contribution in [0.25, 0.3) is 0 Å². The lowest BCUT2D eigenvalue weighted by atomic mass is 9.33. The van der Waals surface area contributed by atoms with Crippen molar-refractivity contribution in [1.29, 1.82) is 0 Å². The Morgan fingerprint density at radius 2 is 1.92 bits per heavy atom. The fourth-order valence-electron chi connectivity index (χ4n) is 10.0. The van der Waals surface area contributed by atoms with Crippen molar-refractivity contribution in [3.8, 4) is 11.5 Å². The predicted octanol–water partition coefficient (Wildman–Crippen LogP) is 4.66. The number of hydrogen-bond donors (Lipinski definition) is 2. The average molecular weight is 506 g/mol. The molecule has 6 heteroatoms. The van der Waals surface area contributed by atoms with Crippen LogP contribution in [0, 0.1) is 23.1 Å². The van der Waals surface area contributed by atoms with E-state index in [0.29, 0.717) is 17.4 Å². The molecular weight excluding hydrogens is 469 g/mol. The fraction of sp³-hybridized carbons (Fsp3) is 0.613. The summed E-state index contributed by atoms with van der Waals surface area (Å²) < 4.78 is 27.3. The number of aliphatic hydroxyl groups is 1. The highest BCUT2D eigenvalue weighted by Gasteiger charge is 2.82. The monoisotopic (exact) mass is 505 g/mol. The van der Waals surface area contributed by atoms with Gasteiger partial charge in [0.05, 0.1) is 5.60 Å². The van der Waals surface area contributed by atoms with Crippen LogP contribution in [0.2, 0.25) is 0 Å². The first-order chi connectivity index (χ1) is 17.8. The standard InChI is InChI=1S/C31H36FNO4/c1-28(35,20-6-8-21(32)9-7-20)23-16-29-11-12-31(23,36-2)27-30(29)13-14-33(17-18-3-4-18)24(29)15-19-5-10-22(34)26(37-27)25(19)30/h5-10,18,23-24,27,34-35H,3-4,11-17H2,1-2H3/t23-,24-,27-,28?,29-,30+,31-/m1/s1. The Balaban J connectivity index is 1.34. The Morgan fingerprint density at radius 1 is 1.14 bits per heavy atom. The topological polar surface area (TPSA) is 62.2 Å². The minimum Gasteiger partial charge on any atom is -0.504 e. The Kier molecular flexibility index (Phi) is 4.36. The molecule has 2 spiro atoms. The Labute approximate surface area is 217 Å². The molecule has 0 amide bonds. The molecule has 5 aliphatic carbocycles. The molecular formula is C31H36FNO4. The largest absolute Gasteiger partial charge is 0.504 e. The molecule has 2 N–H and O–H groups in total. The van der Waals surface area contributed by atoms with Gasteiger partial charge in [0.15, 0.2) is 11.5 Å². The SMILES string of the molecule is CO[C@]12CC[C@@]3(C[C@@H]1C(C)(O)c1ccc(F)cc1)[C@H]1Cc4ccc(O)c5c4[C@@]3(CCN1CC1CC1)[C@H]2O5. The van der Waals surface area contributed by atoms with E-state index in [1.807, 2.05) is 6.92 Å². The van der Waals surface area contributed by atoms with Crippen molar-refractivity contribution in [2.75, 3.05) is 20.2 Å². The molecule has 1 saturated heterocycles. The van der Waals surface area contributed by atoms with Gasteiger partial charge in [0, 0.05) is 42.0 Å². The molecule has 37 heavy (non-hydrogen) atoms. The van der Waals surface area contributed by atoms with E-state index >= 15 is 0 Å². The normalized spacial score (nSPS) is 40.7. The molecule has 4 saturated carbocycles. The van der Waals surface area contributed by atoms with E-state index in [4.69, 9.17) is 9.47 Å². The van der Waals surface area contributed by atoms with Gasteiger partial charge < -0.3 is 19.7 Å². The van der Waals surface area contributed by atoms with Crippen molar-refractivity contribution in [1.82, 2.24) is 4.90 Å². The molecule has 0 radical (unpaired) electrons. The minimum atomic E-state index is -1.23. The van der Waals surface area contributed by atoms with Gasteiger partial charge in [-0.2, -0.15) is 0 Å². The number of halogens is 1. The Morgan fingerprint density at radius 3 is 2.65 bits per heavy atom. The maximum absolute atomic E-state index is 13.8. The van der Waals surface area contributed by atoms with Crippen LogP contribution in [0.3, 0.4) is 0 Å². The van der Waals surface area contributed by atoms with Crippen molar-refractivity contribution >= 4 is 0 Å². The van der Waals surface area contributed by atoms with E-state index in [0.717, 1.165) is 51.1 Å². The van der Waals surface area contributed by atoms with E-state index in [9.17, 15) is 14.6 Å². The highest BCUT2D eigenvalue weighted by atomic mass is 19.1. The van der Waals surface area contributed by atoms with Gasteiger partial charge in [0.25, 0.3) is 0 Å². The number of likely N-dealkylation sites (tertiary alicyclic amines) is 1. The fourth-order valence-corrected chi connectivity index (χ4v) is 10.0. The molecule has 5 nitrogen and oxygen atoms in total. The van der Waals surface area contributed by atoms with Gasteiger partial charge in [0.2, 0.25) is 0 Å². The molecule has 2 aromatic rings. The Hall–Kier alpha value is -2.15. The van der Waals surface area contributed by atoms with Crippen molar-refractivity contribution in [3.05, 3.63) is 58.9 Å². The van der Waals surface area contributed by atoms with E-state index in [-0.39, 0.29) is 34.4 Å². The van der Waals surface area contributed by atoms with E-state index in [1.54, 1.807) is 25.3 Å². The molecule has 2 heterocycles. The molecule has 196 valence electrons. The summed E-state index contributed by atoms with van der Waals surface area (Å²) in [6, 6.07) is 10.6. The highest BCUT2D eigenvalue weighted by Crippen LogP contribution is 2.78. The molecule has 2 aromatic carbocycles. The smallest absolute Gasteiger partial charge is 0.165 e. The van der Waals surface area contributed by atoms with Gasteiger partial charge in [-0.1, -0.05) is 18.2 Å². The molecule has 7 aliphatic rings. The van der Waals surface area contributed by atoms with Crippen LogP contribution in [0.1, 0.15) is 62.1 Å². The van der Waals surface area contributed by atoms with Gasteiger partial charge in [-0.15, -0.1) is 0 Å². The van der Waals surface area contributed by atoms with Crippen LogP contribution >= 0.6 is 0 Å². The number of aromatic hydroxyl groups is 1. The quantitative estimate of drug-likeness (QED) is 0.619. The molecule has 9 rings (SSSR count). The maximum Gasteiger partial charge on any atom is 0.165 e. The molecule has 2 aliphatic heterocycles. The second-order valence-electron chi connectivity index (χ2n) is 13.1. The van der Waals surface area contributed by atoms with Crippen LogP contribution < -0.4 is 4.74 Å². The summed E-state index contributed by atoms with van der Waals surface area (Å²) in [4.78, 5) is 2.77. The molecule has 0 aromatic heterocycles. The highest BCUT2D eigenvalue weighted by molar-refractivity contribution is 5.63.